The number of likely N-dealkylation sites (tertiary alicyclic amines) is 1. The van der Waals surface area contributed by atoms with Gasteiger partial charge < -0.3 is 5.73 Å². The van der Waals surface area contributed by atoms with Crippen molar-refractivity contribution in [1.29, 1.82) is 0 Å². The summed E-state index contributed by atoms with van der Waals surface area (Å²) < 4.78 is 24.4. The lowest BCUT2D eigenvalue weighted by atomic mass is 9.91. The van der Waals surface area contributed by atoms with E-state index in [1.54, 1.807) is 6.07 Å². The first-order chi connectivity index (χ1) is 9.49. The fourth-order valence-electron chi connectivity index (χ4n) is 3.43. The van der Waals surface area contributed by atoms with Crippen LogP contribution in [-0.2, 0) is 9.84 Å². The van der Waals surface area contributed by atoms with E-state index in [4.69, 9.17) is 5.73 Å². The summed E-state index contributed by atoms with van der Waals surface area (Å²) in [5, 5.41) is 0. The number of fused-ring (bicyclic) bond motifs is 1. The van der Waals surface area contributed by atoms with E-state index in [1.165, 1.54) is 0 Å². The Labute approximate surface area is 120 Å². The molecule has 0 aromatic heterocycles. The smallest absolute Gasteiger partial charge is 0.178 e. The lowest BCUT2D eigenvalue weighted by Crippen LogP contribution is -2.48. The highest BCUT2D eigenvalue weighted by molar-refractivity contribution is 7.91. The Morgan fingerprint density at radius 1 is 1.25 bits per heavy atom. The number of hydrogen-bond donors (Lipinski definition) is 1. The third-order valence-corrected chi connectivity index (χ3v) is 6.53. The Morgan fingerprint density at radius 2 is 2.00 bits per heavy atom. The van der Waals surface area contributed by atoms with Gasteiger partial charge in [-0.25, -0.2) is 8.42 Å². The molecule has 2 heterocycles. The summed E-state index contributed by atoms with van der Waals surface area (Å²) in [5.41, 5.74) is 7.06. The third kappa shape index (κ3) is 2.38. The van der Waals surface area contributed by atoms with Crippen LogP contribution in [-0.4, -0.2) is 38.2 Å². The summed E-state index contributed by atoms with van der Waals surface area (Å²) in [5.74, 6) is 0.723. The molecule has 1 fully saturated rings. The standard InChI is InChI=1S/C15H22N2O2S/c1-11-10-17(8-6-13(11)16)14-7-9-20(18,19)15-5-3-2-4-12(14)15/h2-5,11,13-14H,6-10,16H2,1H3. The van der Waals surface area contributed by atoms with E-state index in [-0.39, 0.29) is 17.8 Å². The molecule has 3 unspecified atom stereocenters. The molecule has 2 aliphatic heterocycles. The van der Waals surface area contributed by atoms with Gasteiger partial charge in [0.2, 0.25) is 0 Å². The van der Waals surface area contributed by atoms with E-state index >= 15 is 0 Å². The van der Waals surface area contributed by atoms with Crippen LogP contribution in [0.15, 0.2) is 29.2 Å². The molecule has 5 heteroatoms. The number of hydrogen-bond acceptors (Lipinski definition) is 4. The summed E-state index contributed by atoms with van der Waals surface area (Å²) in [6, 6.07) is 7.96. The average molecular weight is 294 g/mol. The van der Waals surface area contributed by atoms with Gasteiger partial charge in [0.25, 0.3) is 0 Å². The predicted octanol–water partition coefficient (Wildman–Crippen LogP) is 1.57. The maximum absolute atomic E-state index is 12.2. The van der Waals surface area contributed by atoms with Gasteiger partial charge >= 0.3 is 0 Å². The van der Waals surface area contributed by atoms with Crippen molar-refractivity contribution in [2.45, 2.75) is 36.7 Å². The van der Waals surface area contributed by atoms with E-state index in [2.05, 4.69) is 11.8 Å². The first kappa shape index (κ1) is 14.0. The van der Waals surface area contributed by atoms with Crippen LogP contribution in [0.2, 0.25) is 0 Å². The zero-order valence-electron chi connectivity index (χ0n) is 11.8. The summed E-state index contributed by atoms with van der Waals surface area (Å²) in [6.45, 7) is 4.10. The molecule has 0 saturated carbocycles. The first-order valence-corrected chi connectivity index (χ1v) is 8.95. The zero-order valence-corrected chi connectivity index (χ0v) is 12.6. The molecule has 2 N–H and O–H groups in total. The minimum atomic E-state index is -3.09. The van der Waals surface area contributed by atoms with Crippen LogP contribution < -0.4 is 5.73 Å². The Morgan fingerprint density at radius 3 is 2.75 bits per heavy atom. The highest BCUT2D eigenvalue weighted by atomic mass is 32.2. The average Bonchev–Trinajstić information content (AvgIpc) is 2.43. The van der Waals surface area contributed by atoms with E-state index in [0.717, 1.165) is 25.1 Å². The highest BCUT2D eigenvalue weighted by Gasteiger charge is 2.35. The van der Waals surface area contributed by atoms with Crippen LogP contribution in [0.3, 0.4) is 0 Å². The lowest BCUT2D eigenvalue weighted by Gasteiger charge is -2.42. The van der Waals surface area contributed by atoms with Crippen molar-refractivity contribution in [3.8, 4) is 0 Å². The maximum atomic E-state index is 12.2. The molecule has 0 bridgehead atoms. The van der Waals surface area contributed by atoms with Gasteiger partial charge in [0.15, 0.2) is 9.84 Å². The molecule has 0 amide bonds. The second kappa shape index (κ2) is 5.13. The SMILES string of the molecule is CC1CN(C2CCS(=O)(=O)c3ccccc32)CCC1N. The Balaban J connectivity index is 1.93. The van der Waals surface area contributed by atoms with Gasteiger partial charge in [-0.05, 0) is 30.4 Å². The fourth-order valence-corrected chi connectivity index (χ4v) is 5.03. The molecule has 1 saturated heterocycles. The molecule has 1 aromatic rings. The summed E-state index contributed by atoms with van der Waals surface area (Å²) in [7, 11) is -3.09. The van der Waals surface area contributed by atoms with Crippen LogP contribution in [0.5, 0.6) is 0 Å². The normalized spacial score (nSPS) is 33.6. The molecule has 1 aromatic carbocycles. The minimum absolute atomic E-state index is 0.227. The molecule has 20 heavy (non-hydrogen) atoms. The second-order valence-corrected chi connectivity index (χ2v) is 8.16. The minimum Gasteiger partial charge on any atom is -0.327 e. The van der Waals surface area contributed by atoms with Crippen LogP contribution in [0.25, 0.3) is 0 Å². The van der Waals surface area contributed by atoms with Crippen molar-refractivity contribution in [2.75, 3.05) is 18.8 Å². The van der Waals surface area contributed by atoms with E-state index in [9.17, 15) is 8.42 Å². The van der Waals surface area contributed by atoms with Gasteiger partial charge in [0.05, 0.1) is 10.6 Å². The Kier molecular flexibility index (Phi) is 3.60. The van der Waals surface area contributed by atoms with Crippen LogP contribution in [0, 0.1) is 5.92 Å². The number of nitrogens with two attached hydrogens (primary N) is 1. The van der Waals surface area contributed by atoms with Gasteiger partial charge in [-0.2, -0.15) is 0 Å². The number of sulfone groups is 1. The van der Waals surface area contributed by atoms with Crippen LogP contribution >= 0.6 is 0 Å². The van der Waals surface area contributed by atoms with E-state index < -0.39 is 9.84 Å². The topological polar surface area (TPSA) is 63.4 Å². The molecule has 3 rings (SSSR count). The van der Waals surface area contributed by atoms with Crippen molar-refractivity contribution in [3.05, 3.63) is 29.8 Å². The van der Waals surface area contributed by atoms with Gasteiger partial charge in [-0.1, -0.05) is 25.1 Å². The molecule has 3 atom stereocenters. The van der Waals surface area contributed by atoms with Gasteiger partial charge in [0.1, 0.15) is 0 Å². The first-order valence-electron chi connectivity index (χ1n) is 7.30. The fraction of sp³-hybridized carbons (Fsp3) is 0.600. The summed E-state index contributed by atoms with van der Waals surface area (Å²) in [6.07, 6.45) is 1.69. The monoisotopic (exact) mass is 294 g/mol. The van der Waals surface area contributed by atoms with Crippen LogP contribution in [0.1, 0.15) is 31.4 Å². The zero-order chi connectivity index (χ0) is 14.3. The van der Waals surface area contributed by atoms with E-state index in [0.29, 0.717) is 17.2 Å². The third-order valence-electron chi connectivity index (χ3n) is 4.72. The van der Waals surface area contributed by atoms with Crippen molar-refractivity contribution in [1.82, 2.24) is 4.90 Å². The van der Waals surface area contributed by atoms with E-state index in [1.807, 2.05) is 18.2 Å². The largest absolute Gasteiger partial charge is 0.327 e. The molecule has 0 spiro atoms. The Hall–Kier alpha value is -0.910. The quantitative estimate of drug-likeness (QED) is 0.854. The molecule has 0 radical (unpaired) electrons. The van der Waals surface area contributed by atoms with Crippen molar-refractivity contribution < 1.29 is 8.42 Å². The number of piperidine rings is 1. The van der Waals surface area contributed by atoms with Crippen molar-refractivity contribution in [3.63, 3.8) is 0 Å². The molecule has 110 valence electrons. The van der Waals surface area contributed by atoms with Crippen molar-refractivity contribution >= 4 is 9.84 Å². The second-order valence-electron chi connectivity index (χ2n) is 6.09. The van der Waals surface area contributed by atoms with Gasteiger partial charge in [0, 0.05) is 25.2 Å². The predicted molar refractivity (Wildman–Crippen MR) is 79.2 cm³/mol. The Bertz CT molecular complexity index is 600. The van der Waals surface area contributed by atoms with Gasteiger partial charge in [-0.15, -0.1) is 0 Å². The van der Waals surface area contributed by atoms with Crippen LogP contribution in [0.4, 0.5) is 0 Å². The maximum Gasteiger partial charge on any atom is 0.178 e. The van der Waals surface area contributed by atoms with Gasteiger partial charge in [-0.3, -0.25) is 4.90 Å². The molecular formula is C15H22N2O2S. The number of rotatable bonds is 1. The van der Waals surface area contributed by atoms with Crippen molar-refractivity contribution in [2.24, 2.45) is 11.7 Å². The lowest BCUT2D eigenvalue weighted by molar-refractivity contribution is 0.110. The molecular weight excluding hydrogens is 272 g/mol. The molecule has 0 aliphatic carbocycles. The molecule has 2 aliphatic rings. The summed E-state index contributed by atoms with van der Waals surface area (Å²) >= 11 is 0. The highest BCUT2D eigenvalue weighted by Crippen LogP contribution is 2.37. The number of nitrogens with zero attached hydrogens (tertiary/aromatic N) is 1. The number of benzene rings is 1. The molecule has 4 nitrogen and oxygen atoms in total. The summed E-state index contributed by atoms with van der Waals surface area (Å²) in [4.78, 5) is 2.94.